The molecular formula is C27H37N3O5S. The van der Waals surface area contributed by atoms with Crippen molar-refractivity contribution in [3.63, 3.8) is 0 Å². The molecular weight excluding hydrogens is 478 g/mol. The molecule has 0 aliphatic carbocycles. The van der Waals surface area contributed by atoms with Gasteiger partial charge in [0.2, 0.25) is 21.8 Å². The number of benzene rings is 2. The molecule has 0 aromatic heterocycles. The number of nitrogens with one attached hydrogen (secondary N) is 1. The second-order valence-electron chi connectivity index (χ2n) is 8.77. The summed E-state index contributed by atoms with van der Waals surface area (Å²) in [7, 11) is -3.85. The number of Topliss-reactive ketones (excluding diaryl/α,β-unsaturated/α-hetero) is 1. The SMILES string of the molecule is CCCCNC(=O)[C@@H](CC)N(CCc1ccccc1)C(=O)CN(c1cccc(C(C)=O)c1)S(C)(=O)=O. The number of ketones is 1. The number of unbranched alkanes of at least 4 members (excludes halogenated alkanes) is 1. The third kappa shape index (κ3) is 8.48. The van der Waals surface area contributed by atoms with E-state index in [-0.39, 0.29) is 23.9 Å². The number of amides is 2. The van der Waals surface area contributed by atoms with Gasteiger partial charge < -0.3 is 10.2 Å². The number of anilines is 1. The molecule has 0 saturated heterocycles. The fourth-order valence-electron chi connectivity index (χ4n) is 3.90. The Kier molecular flexibility index (Phi) is 11.1. The number of rotatable bonds is 14. The molecule has 196 valence electrons. The average Bonchev–Trinajstić information content (AvgIpc) is 2.85. The number of hydrogen-bond acceptors (Lipinski definition) is 5. The van der Waals surface area contributed by atoms with Gasteiger partial charge >= 0.3 is 0 Å². The van der Waals surface area contributed by atoms with Gasteiger partial charge in [-0.2, -0.15) is 0 Å². The summed E-state index contributed by atoms with van der Waals surface area (Å²) < 4.78 is 26.4. The van der Waals surface area contributed by atoms with Crippen molar-refractivity contribution < 1.29 is 22.8 Å². The second-order valence-corrected chi connectivity index (χ2v) is 10.7. The maximum absolute atomic E-state index is 13.6. The summed E-state index contributed by atoms with van der Waals surface area (Å²) in [5.41, 5.74) is 1.57. The van der Waals surface area contributed by atoms with Gasteiger partial charge in [-0.3, -0.25) is 18.7 Å². The minimum atomic E-state index is -3.85. The van der Waals surface area contributed by atoms with Crippen LogP contribution >= 0.6 is 0 Å². The molecule has 8 nitrogen and oxygen atoms in total. The predicted octanol–water partition coefficient (Wildman–Crippen LogP) is 3.42. The fourth-order valence-corrected chi connectivity index (χ4v) is 4.74. The maximum Gasteiger partial charge on any atom is 0.244 e. The average molecular weight is 516 g/mol. The molecule has 0 spiro atoms. The molecule has 0 saturated carbocycles. The molecule has 0 aliphatic rings. The Hall–Kier alpha value is -3.20. The summed E-state index contributed by atoms with van der Waals surface area (Å²) in [6.07, 6.45) is 3.68. The summed E-state index contributed by atoms with van der Waals surface area (Å²) in [6.45, 7) is 5.54. The Morgan fingerprint density at radius 1 is 1.00 bits per heavy atom. The van der Waals surface area contributed by atoms with E-state index >= 15 is 0 Å². The summed E-state index contributed by atoms with van der Waals surface area (Å²) >= 11 is 0. The van der Waals surface area contributed by atoms with Gasteiger partial charge in [0, 0.05) is 18.7 Å². The number of sulfonamides is 1. The minimum absolute atomic E-state index is 0.212. The Balaban J connectivity index is 2.37. The lowest BCUT2D eigenvalue weighted by Gasteiger charge is -2.33. The van der Waals surface area contributed by atoms with Gasteiger partial charge in [-0.1, -0.05) is 62.7 Å². The largest absolute Gasteiger partial charge is 0.354 e. The standard InChI is InChI=1S/C27H37N3O5S/c1-5-7-17-28-27(33)25(6-2)29(18-16-22-12-9-8-10-13-22)26(32)20-30(36(4,34)35)24-15-11-14-23(19-24)21(3)31/h8-15,19,25H,5-7,16-18,20H2,1-4H3,(H,28,33)/t25-/m1/s1. The van der Waals surface area contributed by atoms with Gasteiger partial charge in [-0.15, -0.1) is 0 Å². The zero-order valence-electron chi connectivity index (χ0n) is 21.6. The van der Waals surface area contributed by atoms with Crippen LogP contribution in [0.5, 0.6) is 0 Å². The van der Waals surface area contributed by atoms with Gasteiger partial charge in [0.1, 0.15) is 12.6 Å². The van der Waals surface area contributed by atoms with Crippen LogP contribution in [0, 0.1) is 0 Å². The third-order valence-electron chi connectivity index (χ3n) is 5.92. The number of carbonyl (C=O) groups is 3. The van der Waals surface area contributed by atoms with Crippen molar-refractivity contribution in [2.24, 2.45) is 0 Å². The summed E-state index contributed by atoms with van der Waals surface area (Å²) in [6, 6.07) is 15.1. The molecule has 36 heavy (non-hydrogen) atoms. The van der Waals surface area contributed by atoms with Crippen LogP contribution in [0.3, 0.4) is 0 Å². The highest BCUT2D eigenvalue weighted by Crippen LogP contribution is 2.21. The van der Waals surface area contributed by atoms with Crippen LogP contribution in [0.2, 0.25) is 0 Å². The second kappa shape index (κ2) is 13.8. The van der Waals surface area contributed by atoms with Gasteiger partial charge in [0.15, 0.2) is 5.78 Å². The van der Waals surface area contributed by atoms with Crippen LogP contribution in [-0.2, 0) is 26.0 Å². The lowest BCUT2D eigenvalue weighted by Crippen LogP contribution is -2.53. The van der Waals surface area contributed by atoms with E-state index in [1.807, 2.05) is 44.2 Å². The highest BCUT2D eigenvalue weighted by molar-refractivity contribution is 7.92. The van der Waals surface area contributed by atoms with Crippen molar-refractivity contribution in [2.45, 2.75) is 52.5 Å². The monoisotopic (exact) mass is 515 g/mol. The first-order valence-corrected chi connectivity index (χ1v) is 14.1. The summed E-state index contributed by atoms with van der Waals surface area (Å²) in [5, 5.41) is 2.90. The summed E-state index contributed by atoms with van der Waals surface area (Å²) in [4.78, 5) is 39.9. The van der Waals surface area contributed by atoms with Crippen LogP contribution in [0.15, 0.2) is 54.6 Å². The first-order chi connectivity index (χ1) is 17.1. The molecule has 0 bridgehead atoms. The number of nitrogens with zero attached hydrogens (tertiary/aromatic N) is 2. The van der Waals surface area contributed by atoms with E-state index in [0.29, 0.717) is 24.9 Å². The lowest BCUT2D eigenvalue weighted by atomic mass is 10.1. The van der Waals surface area contributed by atoms with Crippen LogP contribution < -0.4 is 9.62 Å². The van der Waals surface area contributed by atoms with Crippen LogP contribution in [0.1, 0.15) is 56.0 Å². The van der Waals surface area contributed by atoms with E-state index in [1.54, 1.807) is 18.2 Å². The first kappa shape index (κ1) is 29.0. The van der Waals surface area contributed by atoms with Crippen molar-refractivity contribution in [3.05, 3.63) is 65.7 Å². The lowest BCUT2D eigenvalue weighted by molar-refractivity contribution is -0.139. The smallest absolute Gasteiger partial charge is 0.244 e. The minimum Gasteiger partial charge on any atom is -0.354 e. The molecule has 0 heterocycles. The fraction of sp³-hybridized carbons (Fsp3) is 0.444. The van der Waals surface area contributed by atoms with Gasteiger partial charge in [0.05, 0.1) is 11.9 Å². The molecule has 0 unspecified atom stereocenters. The number of hydrogen-bond donors (Lipinski definition) is 1. The summed E-state index contributed by atoms with van der Waals surface area (Å²) in [5.74, 6) is -0.949. The van der Waals surface area contributed by atoms with Crippen LogP contribution in [0.25, 0.3) is 0 Å². The van der Waals surface area contributed by atoms with Crippen molar-refractivity contribution in [2.75, 3.05) is 30.2 Å². The van der Waals surface area contributed by atoms with Crippen LogP contribution in [0.4, 0.5) is 5.69 Å². The molecule has 0 aliphatic heterocycles. The normalized spacial score (nSPS) is 12.0. The van der Waals surface area contributed by atoms with Crippen LogP contribution in [-0.4, -0.2) is 62.8 Å². The Morgan fingerprint density at radius 2 is 1.69 bits per heavy atom. The molecule has 0 fully saturated rings. The van der Waals surface area contributed by atoms with E-state index < -0.39 is 28.5 Å². The van der Waals surface area contributed by atoms with Gasteiger partial charge in [-0.25, -0.2) is 8.42 Å². The molecule has 0 radical (unpaired) electrons. The predicted molar refractivity (Wildman–Crippen MR) is 142 cm³/mol. The van der Waals surface area contributed by atoms with E-state index in [0.717, 1.165) is 29.0 Å². The molecule has 2 amide bonds. The van der Waals surface area contributed by atoms with Gasteiger partial charge in [0.25, 0.3) is 0 Å². The maximum atomic E-state index is 13.6. The molecule has 2 aromatic carbocycles. The third-order valence-corrected chi connectivity index (χ3v) is 7.06. The van der Waals surface area contributed by atoms with Crippen molar-refractivity contribution >= 4 is 33.3 Å². The zero-order chi connectivity index (χ0) is 26.7. The first-order valence-electron chi connectivity index (χ1n) is 12.3. The molecule has 2 aromatic rings. The quantitative estimate of drug-likeness (QED) is 0.307. The number of carbonyl (C=O) groups excluding carboxylic acids is 3. The van der Waals surface area contributed by atoms with E-state index in [9.17, 15) is 22.8 Å². The Morgan fingerprint density at radius 3 is 2.28 bits per heavy atom. The van der Waals surface area contributed by atoms with Crippen molar-refractivity contribution in [1.82, 2.24) is 10.2 Å². The highest BCUT2D eigenvalue weighted by atomic mass is 32.2. The van der Waals surface area contributed by atoms with Crippen molar-refractivity contribution in [3.8, 4) is 0 Å². The zero-order valence-corrected chi connectivity index (χ0v) is 22.4. The Labute approximate surface area is 214 Å². The molecule has 1 atom stereocenters. The highest BCUT2D eigenvalue weighted by Gasteiger charge is 2.31. The van der Waals surface area contributed by atoms with E-state index in [1.165, 1.54) is 17.9 Å². The van der Waals surface area contributed by atoms with E-state index in [2.05, 4.69) is 5.32 Å². The van der Waals surface area contributed by atoms with Gasteiger partial charge in [-0.05, 0) is 43.9 Å². The Bertz CT molecular complexity index is 1140. The topological polar surface area (TPSA) is 104 Å². The molecule has 2 rings (SSSR count). The molecule has 1 N–H and O–H groups in total. The molecule has 9 heteroatoms. The van der Waals surface area contributed by atoms with Crippen molar-refractivity contribution in [1.29, 1.82) is 0 Å². The van der Waals surface area contributed by atoms with E-state index in [4.69, 9.17) is 0 Å².